The van der Waals surface area contributed by atoms with Crippen molar-refractivity contribution in [2.75, 3.05) is 19.0 Å². The molecule has 0 saturated carbocycles. The fourth-order valence-corrected chi connectivity index (χ4v) is 3.65. The number of benzene rings is 2. The number of methoxy groups -OCH3 is 1. The molecule has 31 heavy (non-hydrogen) atoms. The molecule has 3 rings (SSSR count). The number of hydrogen-bond acceptors (Lipinski definition) is 5. The van der Waals surface area contributed by atoms with Crippen molar-refractivity contribution in [3.63, 3.8) is 0 Å². The van der Waals surface area contributed by atoms with Crippen molar-refractivity contribution in [3.05, 3.63) is 83.2 Å². The molecule has 1 heterocycles. The number of thiophene rings is 1. The average molecular weight is 435 g/mol. The van der Waals surface area contributed by atoms with Crippen LogP contribution in [0.2, 0.25) is 0 Å². The molecule has 0 bridgehead atoms. The predicted octanol–water partition coefficient (Wildman–Crippen LogP) is 3.90. The summed E-state index contributed by atoms with van der Waals surface area (Å²) in [6, 6.07) is 21.1. The van der Waals surface area contributed by atoms with E-state index in [4.69, 9.17) is 0 Å². The van der Waals surface area contributed by atoms with Gasteiger partial charge in [0.25, 0.3) is 0 Å². The number of anilines is 1. The third-order valence-electron chi connectivity index (χ3n) is 4.33. The van der Waals surface area contributed by atoms with Crippen molar-refractivity contribution in [3.8, 4) is 10.4 Å². The normalized spacial score (nSPS) is 10.6. The number of carbonyl (C=O) groups is 3. The van der Waals surface area contributed by atoms with E-state index in [0.717, 1.165) is 20.9 Å². The van der Waals surface area contributed by atoms with Gasteiger partial charge in [-0.2, -0.15) is 0 Å². The second-order valence-corrected chi connectivity index (χ2v) is 7.73. The first-order valence-electron chi connectivity index (χ1n) is 9.60. The van der Waals surface area contributed by atoms with E-state index in [1.165, 1.54) is 13.2 Å². The zero-order valence-electron chi connectivity index (χ0n) is 17.0. The molecular weight excluding hydrogens is 412 g/mol. The second kappa shape index (κ2) is 10.9. The van der Waals surface area contributed by atoms with Gasteiger partial charge in [0.15, 0.2) is 0 Å². The van der Waals surface area contributed by atoms with Gasteiger partial charge in [0, 0.05) is 21.5 Å². The number of rotatable bonds is 8. The minimum atomic E-state index is -0.502. The fraction of sp³-hybridized carbons (Fsp3) is 0.125. The van der Waals surface area contributed by atoms with Crippen LogP contribution in [0.5, 0.6) is 0 Å². The fourth-order valence-electron chi connectivity index (χ4n) is 2.74. The Hall–Kier alpha value is -3.71. The molecule has 0 spiro atoms. The zero-order chi connectivity index (χ0) is 22.1. The molecule has 1 aromatic heterocycles. The lowest BCUT2D eigenvalue weighted by Crippen LogP contribution is -2.31. The smallest absolute Gasteiger partial charge is 0.325 e. The van der Waals surface area contributed by atoms with Crippen LogP contribution in [-0.4, -0.2) is 31.4 Å². The quantitative estimate of drug-likeness (QED) is 0.416. The number of ether oxygens (including phenoxy) is 1. The summed E-state index contributed by atoms with van der Waals surface area (Å²) in [4.78, 5) is 37.2. The molecule has 0 aliphatic rings. The van der Waals surface area contributed by atoms with Crippen molar-refractivity contribution in [2.45, 2.75) is 6.42 Å². The van der Waals surface area contributed by atoms with Gasteiger partial charge in [0.1, 0.15) is 6.54 Å². The Balaban J connectivity index is 1.50. The van der Waals surface area contributed by atoms with E-state index in [9.17, 15) is 14.4 Å². The molecule has 0 atom stereocenters. The Morgan fingerprint density at radius 2 is 1.71 bits per heavy atom. The van der Waals surface area contributed by atoms with Crippen LogP contribution in [0.4, 0.5) is 5.69 Å². The summed E-state index contributed by atoms with van der Waals surface area (Å²) in [6.07, 6.45) is 3.41. The molecule has 6 nitrogen and oxygen atoms in total. The predicted molar refractivity (Wildman–Crippen MR) is 123 cm³/mol. The van der Waals surface area contributed by atoms with Gasteiger partial charge < -0.3 is 15.4 Å². The van der Waals surface area contributed by atoms with Crippen LogP contribution < -0.4 is 10.6 Å². The Morgan fingerprint density at radius 1 is 0.968 bits per heavy atom. The monoisotopic (exact) mass is 434 g/mol. The lowest BCUT2D eigenvalue weighted by Gasteiger charge is -2.06. The largest absolute Gasteiger partial charge is 0.468 e. The topological polar surface area (TPSA) is 84.5 Å². The van der Waals surface area contributed by atoms with Gasteiger partial charge in [-0.05, 0) is 41.5 Å². The number of hydrogen-bond donors (Lipinski definition) is 2. The molecule has 3 aromatic rings. The van der Waals surface area contributed by atoms with Gasteiger partial charge in [-0.1, -0.05) is 42.5 Å². The third-order valence-corrected chi connectivity index (χ3v) is 5.43. The molecule has 2 aromatic carbocycles. The van der Waals surface area contributed by atoms with E-state index in [1.54, 1.807) is 41.7 Å². The number of esters is 1. The second-order valence-electron chi connectivity index (χ2n) is 6.62. The van der Waals surface area contributed by atoms with E-state index in [-0.39, 0.29) is 24.8 Å². The van der Waals surface area contributed by atoms with Crippen molar-refractivity contribution in [1.82, 2.24) is 5.32 Å². The minimum Gasteiger partial charge on any atom is -0.468 e. The summed E-state index contributed by atoms with van der Waals surface area (Å²) < 4.78 is 4.47. The lowest BCUT2D eigenvalue weighted by atomic mass is 10.1. The molecular formula is C24H22N2O4S. The summed E-state index contributed by atoms with van der Waals surface area (Å²) in [5.74, 6) is -1.02. The number of nitrogens with one attached hydrogen (secondary N) is 2. The van der Waals surface area contributed by atoms with E-state index >= 15 is 0 Å². The van der Waals surface area contributed by atoms with Crippen molar-refractivity contribution in [1.29, 1.82) is 0 Å². The molecule has 0 radical (unpaired) electrons. The summed E-state index contributed by atoms with van der Waals surface area (Å²) >= 11 is 1.62. The molecule has 158 valence electrons. The maximum absolute atomic E-state index is 12.2. The maximum atomic E-state index is 12.2. The first-order chi connectivity index (χ1) is 15.0. The molecule has 0 unspecified atom stereocenters. The molecule has 2 amide bonds. The van der Waals surface area contributed by atoms with Crippen LogP contribution in [0.3, 0.4) is 0 Å². The van der Waals surface area contributed by atoms with Crippen LogP contribution in [0.25, 0.3) is 16.5 Å². The number of amides is 2. The van der Waals surface area contributed by atoms with Crippen LogP contribution in [0, 0.1) is 0 Å². The van der Waals surface area contributed by atoms with E-state index < -0.39 is 5.97 Å². The molecule has 0 aliphatic carbocycles. The molecule has 0 saturated heterocycles. The van der Waals surface area contributed by atoms with Crippen LogP contribution in [-0.2, 0) is 25.5 Å². The summed E-state index contributed by atoms with van der Waals surface area (Å²) in [7, 11) is 1.26. The Labute approximate surface area is 184 Å². The summed E-state index contributed by atoms with van der Waals surface area (Å²) in [6.45, 7) is -0.160. The first kappa shape index (κ1) is 22.0. The Bertz CT molecular complexity index is 1070. The Kier molecular flexibility index (Phi) is 7.73. The van der Waals surface area contributed by atoms with Crippen LogP contribution in [0.15, 0.2) is 72.8 Å². The summed E-state index contributed by atoms with van der Waals surface area (Å²) in [5.41, 5.74) is 2.54. The van der Waals surface area contributed by atoms with Gasteiger partial charge >= 0.3 is 5.97 Å². The van der Waals surface area contributed by atoms with Crippen molar-refractivity contribution >= 4 is 40.9 Å². The lowest BCUT2D eigenvalue weighted by molar-refractivity contribution is -0.141. The maximum Gasteiger partial charge on any atom is 0.325 e. The highest BCUT2D eigenvalue weighted by Crippen LogP contribution is 2.28. The van der Waals surface area contributed by atoms with Gasteiger partial charge in [-0.15, -0.1) is 11.3 Å². The average Bonchev–Trinajstić information content (AvgIpc) is 3.27. The zero-order valence-corrected chi connectivity index (χ0v) is 17.8. The van der Waals surface area contributed by atoms with Gasteiger partial charge in [0.2, 0.25) is 11.8 Å². The highest BCUT2D eigenvalue weighted by atomic mass is 32.1. The Morgan fingerprint density at radius 3 is 2.42 bits per heavy atom. The van der Waals surface area contributed by atoms with Gasteiger partial charge in [-0.25, -0.2) is 0 Å². The molecule has 2 N–H and O–H groups in total. The van der Waals surface area contributed by atoms with Crippen molar-refractivity contribution in [2.24, 2.45) is 0 Å². The van der Waals surface area contributed by atoms with Crippen molar-refractivity contribution < 1.29 is 19.1 Å². The SMILES string of the molecule is COC(=O)CNC(=O)Cc1ccc(NC(=O)/C=C\c2ccc(-c3ccccc3)s2)cc1. The standard InChI is InChI=1S/C24H22N2O4S/c1-30-24(29)16-25-23(28)15-17-7-9-19(10-8-17)26-22(27)14-12-20-11-13-21(31-20)18-5-3-2-4-6-18/h2-14H,15-16H2,1H3,(H,25,28)(H,26,27)/b14-12-. The van der Waals surface area contributed by atoms with Crippen LogP contribution in [0.1, 0.15) is 10.4 Å². The first-order valence-corrected chi connectivity index (χ1v) is 10.4. The molecule has 0 fully saturated rings. The van der Waals surface area contributed by atoms with E-state index in [0.29, 0.717) is 5.69 Å². The number of carbonyl (C=O) groups excluding carboxylic acids is 3. The molecule has 7 heteroatoms. The van der Waals surface area contributed by atoms with Crippen LogP contribution >= 0.6 is 11.3 Å². The highest BCUT2D eigenvalue weighted by Gasteiger charge is 2.07. The highest BCUT2D eigenvalue weighted by molar-refractivity contribution is 7.16. The van der Waals surface area contributed by atoms with E-state index in [1.807, 2.05) is 30.3 Å². The van der Waals surface area contributed by atoms with E-state index in [2.05, 4.69) is 27.5 Å². The minimum absolute atomic E-state index is 0.132. The third kappa shape index (κ3) is 6.94. The van der Waals surface area contributed by atoms with Gasteiger partial charge in [0.05, 0.1) is 13.5 Å². The van der Waals surface area contributed by atoms with Gasteiger partial charge in [-0.3, -0.25) is 14.4 Å². The summed E-state index contributed by atoms with van der Waals surface area (Å²) in [5, 5.41) is 5.28. The molecule has 0 aliphatic heterocycles.